The summed E-state index contributed by atoms with van der Waals surface area (Å²) in [4.78, 5) is 1.98. The van der Waals surface area contributed by atoms with Crippen LogP contribution in [0.5, 0.6) is 5.75 Å². The van der Waals surface area contributed by atoms with Crippen molar-refractivity contribution in [3.8, 4) is 5.75 Å². The van der Waals surface area contributed by atoms with Gasteiger partial charge < -0.3 is 15.4 Å². The first-order valence-electron chi connectivity index (χ1n) is 6.77. The maximum Gasteiger partial charge on any atom is 0.152 e. The van der Waals surface area contributed by atoms with Crippen LogP contribution < -0.4 is 15.4 Å². The van der Waals surface area contributed by atoms with Gasteiger partial charge in [0.2, 0.25) is 0 Å². The van der Waals surface area contributed by atoms with Gasteiger partial charge in [0, 0.05) is 36.6 Å². The van der Waals surface area contributed by atoms with E-state index in [1.54, 1.807) is 6.07 Å². The van der Waals surface area contributed by atoms with Crippen LogP contribution in [-0.2, 0) is 9.84 Å². The number of ether oxygens (including phenoxy) is 1. The highest BCUT2D eigenvalue weighted by molar-refractivity contribution is 7.91. The van der Waals surface area contributed by atoms with Crippen molar-refractivity contribution in [3.63, 3.8) is 0 Å². The third kappa shape index (κ3) is 3.56. The van der Waals surface area contributed by atoms with Crippen molar-refractivity contribution in [2.24, 2.45) is 0 Å². The van der Waals surface area contributed by atoms with Crippen molar-refractivity contribution in [2.75, 3.05) is 29.2 Å². The number of hydrogen-bond donors (Lipinski definition) is 1. The van der Waals surface area contributed by atoms with Gasteiger partial charge in [-0.25, -0.2) is 8.42 Å². The normalized spacial score (nSPS) is 21.1. The second kappa shape index (κ2) is 5.52. The summed E-state index contributed by atoms with van der Waals surface area (Å²) in [5, 5.41) is 0. The highest BCUT2D eigenvalue weighted by Crippen LogP contribution is 2.29. The van der Waals surface area contributed by atoms with Crippen molar-refractivity contribution in [3.05, 3.63) is 18.2 Å². The Hall–Kier alpha value is -1.43. The number of sulfone groups is 1. The van der Waals surface area contributed by atoms with Gasteiger partial charge in [-0.15, -0.1) is 0 Å². The standard InChI is InChI=1S/C14H22N2O3S/c1-10(2)19-14-7-11(15)6-13(8-14)16(3)12-4-5-20(17,18)9-12/h6-8,10,12H,4-5,9,15H2,1-3H3. The number of anilines is 2. The molecule has 1 saturated heterocycles. The molecule has 1 aliphatic rings. The van der Waals surface area contributed by atoms with E-state index in [4.69, 9.17) is 10.5 Å². The Bertz CT molecular complexity index is 584. The van der Waals surface area contributed by atoms with Crippen LogP contribution in [0.15, 0.2) is 18.2 Å². The highest BCUT2D eigenvalue weighted by atomic mass is 32.2. The topological polar surface area (TPSA) is 72.6 Å². The number of rotatable bonds is 4. The maximum absolute atomic E-state index is 11.6. The molecule has 0 saturated carbocycles. The fourth-order valence-electron chi connectivity index (χ4n) is 2.44. The third-order valence-corrected chi connectivity index (χ3v) is 5.20. The van der Waals surface area contributed by atoms with Crippen molar-refractivity contribution in [1.82, 2.24) is 0 Å². The summed E-state index contributed by atoms with van der Waals surface area (Å²) in [6.45, 7) is 3.91. The number of nitrogen functional groups attached to an aromatic ring is 1. The van der Waals surface area contributed by atoms with E-state index < -0.39 is 9.84 Å². The van der Waals surface area contributed by atoms with Crippen molar-refractivity contribution in [1.29, 1.82) is 0 Å². The molecule has 5 nitrogen and oxygen atoms in total. The molecule has 0 aliphatic carbocycles. The van der Waals surface area contributed by atoms with Gasteiger partial charge in [-0.05, 0) is 26.3 Å². The molecule has 0 spiro atoms. The molecule has 1 aromatic rings. The lowest BCUT2D eigenvalue weighted by Crippen LogP contribution is -2.32. The molecule has 20 heavy (non-hydrogen) atoms. The van der Waals surface area contributed by atoms with Crippen LogP contribution in [-0.4, -0.2) is 39.1 Å². The van der Waals surface area contributed by atoms with Gasteiger partial charge in [0.15, 0.2) is 9.84 Å². The van der Waals surface area contributed by atoms with Crippen LogP contribution >= 0.6 is 0 Å². The van der Waals surface area contributed by atoms with Crippen LogP contribution in [0.25, 0.3) is 0 Å². The summed E-state index contributed by atoms with van der Waals surface area (Å²) in [7, 11) is -0.990. The number of nitrogens with two attached hydrogens (primary N) is 1. The quantitative estimate of drug-likeness (QED) is 0.856. The molecule has 1 aromatic carbocycles. The van der Waals surface area contributed by atoms with E-state index in [1.807, 2.05) is 37.9 Å². The first kappa shape index (κ1) is 15.0. The Morgan fingerprint density at radius 3 is 2.60 bits per heavy atom. The molecule has 1 unspecified atom stereocenters. The fraction of sp³-hybridized carbons (Fsp3) is 0.571. The first-order chi connectivity index (χ1) is 9.27. The number of nitrogens with zero attached hydrogens (tertiary/aromatic N) is 1. The molecular weight excluding hydrogens is 276 g/mol. The van der Waals surface area contributed by atoms with E-state index in [1.165, 1.54) is 0 Å². The second-order valence-corrected chi connectivity index (χ2v) is 7.82. The molecule has 112 valence electrons. The predicted octanol–water partition coefficient (Wildman–Crippen LogP) is 1.68. The molecule has 0 amide bonds. The summed E-state index contributed by atoms with van der Waals surface area (Å²) in [6, 6.07) is 5.54. The van der Waals surface area contributed by atoms with Gasteiger partial charge in [0.05, 0.1) is 17.6 Å². The highest BCUT2D eigenvalue weighted by Gasteiger charge is 2.31. The molecule has 1 aliphatic heterocycles. The van der Waals surface area contributed by atoms with Gasteiger partial charge in [0.1, 0.15) is 5.75 Å². The van der Waals surface area contributed by atoms with Crippen LogP contribution in [0, 0.1) is 0 Å². The Morgan fingerprint density at radius 2 is 2.05 bits per heavy atom. The number of benzene rings is 1. The van der Waals surface area contributed by atoms with Crippen LogP contribution in [0.4, 0.5) is 11.4 Å². The summed E-state index contributed by atoms with van der Waals surface area (Å²) >= 11 is 0. The lowest BCUT2D eigenvalue weighted by molar-refractivity contribution is 0.242. The Morgan fingerprint density at radius 1 is 1.35 bits per heavy atom. The van der Waals surface area contributed by atoms with E-state index in [0.717, 1.165) is 5.69 Å². The molecule has 1 fully saturated rings. The van der Waals surface area contributed by atoms with Crippen molar-refractivity contribution >= 4 is 21.2 Å². The van der Waals surface area contributed by atoms with E-state index in [0.29, 0.717) is 17.9 Å². The lowest BCUT2D eigenvalue weighted by atomic mass is 10.2. The van der Waals surface area contributed by atoms with Gasteiger partial charge in [-0.1, -0.05) is 0 Å². The van der Waals surface area contributed by atoms with E-state index in [-0.39, 0.29) is 23.7 Å². The minimum atomic E-state index is -2.89. The van der Waals surface area contributed by atoms with Crippen LogP contribution in [0.3, 0.4) is 0 Å². The molecular formula is C14H22N2O3S. The molecule has 2 rings (SSSR count). The summed E-state index contributed by atoms with van der Waals surface area (Å²) in [5.41, 5.74) is 7.41. The smallest absolute Gasteiger partial charge is 0.152 e. The number of hydrogen-bond acceptors (Lipinski definition) is 5. The van der Waals surface area contributed by atoms with E-state index >= 15 is 0 Å². The average Bonchev–Trinajstić information content (AvgIpc) is 2.67. The fourth-order valence-corrected chi connectivity index (χ4v) is 4.22. The molecule has 2 N–H and O–H groups in total. The van der Waals surface area contributed by atoms with Gasteiger partial charge in [-0.3, -0.25) is 0 Å². The third-order valence-electron chi connectivity index (χ3n) is 3.45. The minimum Gasteiger partial charge on any atom is -0.491 e. The molecule has 0 aromatic heterocycles. The zero-order chi connectivity index (χ0) is 14.9. The summed E-state index contributed by atoms with van der Waals surface area (Å²) < 4.78 is 28.8. The second-order valence-electron chi connectivity index (χ2n) is 5.59. The SMILES string of the molecule is CC(C)Oc1cc(N)cc(N(C)C2CCS(=O)(=O)C2)c1. The van der Waals surface area contributed by atoms with E-state index in [2.05, 4.69) is 0 Å². The zero-order valence-electron chi connectivity index (χ0n) is 12.2. The minimum absolute atomic E-state index is 0.00806. The van der Waals surface area contributed by atoms with Crippen LogP contribution in [0.1, 0.15) is 20.3 Å². The largest absolute Gasteiger partial charge is 0.491 e. The molecule has 0 bridgehead atoms. The summed E-state index contributed by atoms with van der Waals surface area (Å²) in [6.07, 6.45) is 0.732. The van der Waals surface area contributed by atoms with Gasteiger partial charge in [0.25, 0.3) is 0 Å². The van der Waals surface area contributed by atoms with Crippen molar-refractivity contribution in [2.45, 2.75) is 32.4 Å². The Labute approximate surface area is 120 Å². The summed E-state index contributed by atoms with van der Waals surface area (Å²) in [5.74, 6) is 1.18. The first-order valence-corrected chi connectivity index (χ1v) is 8.59. The molecule has 1 heterocycles. The molecule has 6 heteroatoms. The molecule has 1 atom stereocenters. The predicted molar refractivity (Wildman–Crippen MR) is 82.1 cm³/mol. The van der Waals surface area contributed by atoms with Crippen molar-refractivity contribution < 1.29 is 13.2 Å². The lowest BCUT2D eigenvalue weighted by Gasteiger charge is -2.26. The van der Waals surface area contributed by atoms with Crippen LogP contribution in [0.2, 0.25) is 0 Å². The van der Waals surface area contributed by atoms with Gasteiger partial charge >= 0.3 is 0 Å². The Kier molecular flexibility index (Phi) is 4.13. The van der Waals surface area contributed by atoms with E-state index in [9.17, 15) is 8.42 Å². The zero-order valence-corrected chi connectivity index (χ0v) is 13.0. The Balaban J connectivity index is 2.21. The maximum atomic E-state index is 11.6. The molecule has 0 radical (unpaired) electrons. The monoisotopic (exact) mass is 298 g/mol. The average molecular weight is 298 g/mol. The van der Waals surface area contributed by atoms with Gasteiger partial charge in [-0.2, -0.15) is 0 Å².